The second kappa shape index (κ2) is 7.09. The first-order valence-corrected chi connectivity index (χ1v) is 7.73. The summed E-state index contributed by atoms with van der Waals surface area (Å²) in [5.41, 5.74) is 8.54. The molecule has 1 fully saturated rings. The van der Waals surface area contributed by atoms with Gasteiger partial charge in [-0.25, -0.2) is 0 Å². The Bertz CT molecular complexity index is 411. The monoisotopic (exact) mass is 276 g/mol. The minimum Gasteiger partial charge on any atom is -0.492 e. The van der Waals surface area contributed by atoms with Crippen molar-refractivity contribution in [2.45, 2.75) is 39.7 Å². The maximum atomic E-state index is 6.02. The van der Waals surface area contributed by atoms with E-state index in [9.17, 15) is 0 Å². The van der Waals surface area contributed by atoms with Crippen molar-refractivity contribution >= 4 is 0 Å². The lowest BCUT2D eigenvalue weighted by molar-refractivity contribution is 0.137. The molecule has 0 radical (unpaired) electrons. The normalized spacial score (nSPS) is 21.7. The largest absolute Gasteiger partial charge is 0.492 e. The van der Waals surface area contributed by atoms with Gasteiger partial charge >= 0.3 is 0 Å². The fourth-order valence-corrected chi connectivity index (χ4v) is 3.03. The van der Waals surface area contributed by atoms with E-state index >= 15 is 0 Å². The Morgan fingerprint density at radius 1 is 1.30 bits per heavy atom. The fourth-order valence-electron chi connectivity index (χ4n) is 3.03. The summed E-state index contributed by atoms with van der Waals surface area (Å²) in [6.07, 6.45) is 2.53. The van der Waals surface area contributed by atoms with Crippen LogP contribution >= 0.6 is 0 Å². The molecule has 1 aliphatic heterocycles. The van der Waals surface area contributed by atoms with Crippen LogP contribution in [0.3, 0.4) is 0 Å². The summed E-state index contributed by atoms with van der Waals surface area (Å²) in [5.74, 6) is 1.63. The molecule has 0 bridgehead atoms. The van der Waals surface area contributed by atoms with Crippen LogP contribution in [0.15, 0.2) is 18.2 Å². The van der Waals surface area contributed by atoms with Crippen molar-refractivity contribution < 1.29 is 4.74 Å². The van der Waals surface area contributed by atoms with Crippen LogP contribution in [0.1, 0.15) is 30.9 Å². The molecule has 2 N–H and O–H groups in total. The van der Waals surface area contributed by atoms with E-state index in [1.165, 1.54) is 30.5 Å². The van der Waals surface area contributed by atoms with Gasteiger partial charge in [-0.15, -0.1) is 0 Å². The van der Waals surface area contributed by atoms with Crippen LogP contribution in [0.4, 0.5) is 0 Å². The third-order valence-electron chi connectivity index (χ3n) is 4.16. The fraction of sp³-hybridized carbons (Fsp3) is 0.647. The van der Waals surface area contributed by atoms with Crippen molar-refractivity contribution in [3.8, 4) is 5.75 Å². The maximum Gasteiger partial charge on any atom is 0.119 e. The van der Waals surface area contributed by atoms with Gasteiger partial charge in [-0.3, -0.25) is 4.90 Å². The minimum atomic E-state index is 0.304. The van der Waals surface area contributed by atoms with Crippen LogP contribution in [-0.2, 0) is 0 Å². The Balaban J connectivity index is 1.77. The predicted molar refractivity (Wildman–Crippen MR) is 84.2 cm³/mol. The molecular formula is C17H28N2O. The lowest BCUT2D eigenvalue weighted by Gasteiger charge is -2.34. The molecule has 112 valence electrons. The number of rotatable bonds is 5. The first-order valence-electron chi connectivity index (χ1n) is 7.73. The van der Waals surface area contributed by atoms with E-state index in [4.69, 9.17) is 10.5 Å². The SMILES string of the molecule is Cc1cc(C)cc(OCCN2CCCC(C(C)N)C2)c1. The summed E-state index contributed by atoms with van der Waals surface area (Å²) < 4.78 is 5.89. The Kier molecular flexibility index (Phi) is 5.44. The van der Waals surface area contributed by atoms with Gasteiger partial charge in [-0.05, 0) is 69.3 Å². The molecule has 3 heteroatoms. The third kappa shape index (κ3) is 4.50. The second-order valence-corrected chi connectivity index (χ2v) is 6.23. The van der Waals surface area contributed by atoms with Crippen molar-refractivity contribution in [3.63, 3.8) is 0 Å². The van der Waals surface area contributed by atoms with Crippen molar-refractivity contribution in [2.24, 2.45) is 11.7 Å². The topological polar surface area (TPSA) is 38.5 Å². The standard InChI is InChI=1S/C17H28N2O/c1-13-9-14(2)11-17(10-13)20-8-7-19-6-4-5-16(12-19)15(3)18/h9-11,15-16H,4-8,12,18H2,1-3H3. The highest BCUT2D eigenvalue weighted by Gasteiger charge is 2.22. The number of piperidine rings is 1. The van der Waals surface area contributed by atoms with Gasteiger partial charge in [0.15, 0.2) is 0 Å². The summed E-state index contributed by atoms with van der Waals surface area (Å²) in [4.78, 5) is 2.49. The molecule has 2 atom stereocenters. The third-order valence-corrected chi connectivity index (χ3v) is 4.16. The summed E-state index contributed by atoms with van der Waals surface area (Å²) in [6.45, 7) is 10.4. The highest BCUT2D eigenvalue weighted by atomic mass is 16.5. The van der Waals surface area contributed by atoms with Crippen LogP contribution in [0.2, 0.25) is 0 Å². The van der Waals surface area contributed by atoms with Gasteiger partial charge in [0.1, 0.15) is 12.4 Å². The van der Waals surface area contributed by atoms with Gasteiger partial charge in [-0.2, -0.15) is 0 Å². The number of benzene rings is 1. The van der Waals surface area contributed by atoms with E-state index in [2.05, 4.69) is 43.9 Å². The van der Waals surface area contributed by atoms with Gasteiger partial charge in [0, 0.05) is 19.1 Å². The molecule has 0 aromatic heterocycles. The van der Waals surface area contributed by atoms with E-state index in [1.54, 1.807) is 0 Å². The molecule has 0 saturated carbocycles. The summed E-state index contributed by atoms with van der Waals surface area (Å²) in [5, 5.41) is 0. The molecule has 0 spiro atoms. The van der Waals surface area contributed by atoms with Crippen LogP contribution in [0.25, 0.3) is 0 Å². The first kappa shape index (κ1) is 15.3. The Morgan fingerprint density at radius 3 is 2.65 bits per heavy atom. The molecule has 0 amide bonds. The summed E-state index contributed by atoms with van der Waals surface area (Å²) in [6, 6.07) is 6.69. The zero-order valence-electron chi connectivity index (χ0n) is 13.1. The zero-order valence-corrected chi connectivity index (χ0v) is 13.1. The van der Waals surface area contributed by atoms with Crippen LogP contribution in [0.5, 0.6) is 5.75 Å². The van der Waals surface area contributed by atoms with E-state index in [1.807, 2.05) is 0 Å². The van der Waals surface area contributed by atoms with Gasteiger partial charge in [0.25, 0.3) is 0 Å². The highest BCUT2D eigenvalue weighted by Crippen LogP contribution is 2.19. The Hall–Kier alpha value is -1.06. The molecule has 20 heavy (non-hydrogen) atoms. The molecule has 1 aromatic rings. The summed E-state index contributed by atoms with van der Waals surface area (Å²) in [7, 11) is 0. The van der Waals surface area contributed by atoms with Gasteiger partial charge in [0.05, 0.1) is 0 Å². The molecular weight excluding hydrogens is 248 g/mol. The number of nitrogens with zero attached hydrogens (tertiary/aromatic N) is 1. The van der Waals surface area contributed by atoms with Gasteiger partial charge < -0.3 is 10.5 Å². The number of hydrogen-bond donors (Lipinski definition) is 1. The lowest BCUT2D eigenvalue weighted by atomic mass is 9.92. The molecule has 2 rings (SSSR count). The molecule has 1 aromatic carbocycles. The first-order chi connectivity index (χ1) is 9.54. The molecule has 1 saturated heterocycles. The Labute approximate surface area is 123 Å². The van der Waals surface area contributed by atoms with Crippen molar-refractivity contribution in [2.75, 3.05) is 26.2 Å². The van der Waals surface area contributed by atoms with E-state index in [0.717, 1.165) is 25.4 Å². The van der Waals surface area contributed by atoms with Gasteiger partial charge in [0.2, 0.25) is 0 Å². The number of hydrogen-bond acceptors (Lipinski definition) is 3. The van der Waals surface area contributed by atoms with Crippen LogP contribution in [-0.4, -0.2) is 37.2 Å². The van der Waals surface area contributed by atoms with E-state index in [0.29, 0.717) is 12.0 Å². The predicted octanol–water partition coefficient (Wildman–Crippen LogP) is 2.74. The zero-order chi connectivity index (χ0) is 14.5. The van der Waals surface area contributed by atoms with Crippen LogP contribution < -0.4 is 10.5 Å². The molecule has 3 nitrogen and oxygen atoms in total. The van der Waals surface area contributed by atoms with Crippen LogP contribution in [0, 0.1) is 19.8 Å². The lowest BCUT2D eigenvalue weighted by Crippen LogP contribution is -2.43. The number of ether oxygens (including phenoxy) is 1. The van der Waals surface area contributed by atoms with Crippen molar-refractivity contribution in [3.05, 3.63) is 29.3 Å². The maximum absolute atomic E-state index is 6.02. The van der Waals surface area contributed by atoms with Crippen molar-refractivity contribution in [1.82, 2.24) is 4.90 Å². The highest BCUT2D eigenvalue weighted by molar-refractivity contribution is 5.32. The Morgan fingerprint density at radius 2 is 2.00 bits per heavy atom. The number of aryl methyl sites for hydroxylation is 2. The quantitative estimate of drug-likeness (QED) is 0.898. The molecule has 1 heterocycles. The molecule has 2 unspecified atom stereocenters. The van der Waals surface area contributed by atoms with E-state index in [-0.39, 0.29) is 0 Å². The number of likely N-dealkylation sites (tertiary alicyclic amines) is 1. The van der Waals surface area contributed by atoms with Crippen molar-refractivity contribution in [1.29, 1.82) is 0 Å². The average molecular weight is 276 g/mol. The van der Waals surface area contributed by atoms with Gasteiger partial charge in [-0.1, -0.05) is 6.07 Å². The molecule has 0 aliphatic carbocycles. The summed E-state index contributed by atoms with van der Waals surface area (Å²) >= 11 is 0. The smallest absolute Gasteiger partial charge is 0.119 e. The average Bonchev–Trinajstić information content (AvgIpc) is 2.38. The van der Waals surface area contributed by atoms with E-state index < -0.39 is 0 Å². The molecule has 1 aliphatic rings. The number of nitrogens with two attached hydrogens (primary N) is 1. The minimum absolute atomic E-state index is 0.304. The second-order valence-electron chi connectivity index (χ2n) is 6.23.